The third-order valence-electron chi connectivity index (χ3n) is 4.91. The van der Waals surface area contributed by atoms with Crippen LogP contribution in [-0.4, -0.2) is 71.6 Å². The zero-order chi connectivity index (χ0) is 24.4. The molecule has 9 nitrogen and oxygen atoms in total. The van der Waals surface area contributed by atoms with E-state index in [9.17, 15) is 15.0 Å². The van der Waals surface area contributed by atoms with Crippen LogP contribution in [0.1, 0.15) is 22.3 Å². The molecule has 0 radical (unpaired) electrons. The monoisotopic (exact) mass is 576 g/mol. The summed E-state index contributed by atoms with van der Waals surface area (Å²) < 4.78 is 26.1. The van der Waals surface area contributed by atoms with Crippen LogP contribution in [0, 0.1) is 0 Å². The molecule has 3 rings (SSSR count). The summed E-state index contributed by atoms with van der Waals surface area (Å²) in [5.41, 5.74) is 1.51. The first-order valence-corrected chi connectivity index (χ1v) is 11.2. The zero-order valence-electron chi connectivity index (χ0n) is 18.6. The van der Waals surface area contributed by atoms with Crippen LogP contribution in [0.5, 0.6) is 17.2 Å². The van der Waals surface area contributed by atoms with E-state index in [1.807, 2.05) is 30.3 Å². The molecule has 0 amide bonds. The van der Waals surface area contributed by atoms with E-state index in [0.29, 0.717) is 29.4 Å². The number of benzene rings is 2. The van der Waals surface area contributed by atoms with E-state index in [-0.39, 0.29) is 16.8 Å². The van der Waals surface area contributed by atoms with Crippen molar-refractivity contribution in [1.29, 1.82) is 0 Å². The molecule has 10 heteroatoms. The van der Waals surface area contributed by atoms with E-state index in [4.69, 9.17) is 28.8 Å². The number of carbonyl (C=O) groups is 1. The second-order valence-electron chi connectivity index (χ2n) is 7.07. The molecule has 3 N–H and O–H groups in total. The Morgan fingerprint density at radius 3 is 2.27 bits per heavy atom. The molecule has 33 heavy (non-hydrogen) atoms. The van der Waals surface area contributed by atoms with Crippen LogP contribution >= 0.6 is 22.6 Å². The Morgan fingerprint density at radius 2 is 1.73 bits per heavy atom. The van der Waals surface area contributed by atoms with E-state index in [2.05, 4.69) is 0 Å². The Balaban J connectivity index is 0.000000273. The van der Waals surface area contributed by atoms with E-state index in [0.717, 1.165) is 5.56 Å². The van der Waals surface area contributed by atoms with Gasteiger partial charge in [0, 0.05) is 42.2 Å². The van der Waals surface area contributed by atoms with Crippen LogP contribution in [0.4, 0.5) is 0 Å². The van der Waals surface area contributed by atoms with Gasteiger partial charge in [-0.2, -0.15) is 0 Å². The normalized spacial score (nSPS) is 22.0. The Morgan fingerprint density at radius 1 is 1.06 bits per heavy atom. The number of halogens is 1. The van der Waals surface area contributed by atoms with Gasteiger partial charge in [-0.1, -0.05) is 30.3 Å². The van der Waals surface area contributed by atoms with Gasteiger partial charge in [0.05, 0.1) is 32.5 Å². The van der Waals surface area contributed by atoms with Crippen LogP contribution in [0.2, 0.25) is 0 Å². The smallest absolute Gasteiger partial charge is 0.226 e. The second-order valence-corrected chi connectivity index (χ2v) is 8.05. The number of aliphatic hydroxyl groups excluding tert-OH is 3. The van der Waals surface area contributed by atoms with E-state index < -0.39 is 24.6 Å². The number of rotatable bonds is 8. The molecule has 1 heterocycles. The average molecular weight is 576 g/mol. The van der Waals surface area contributed by atoms with Crippen molar-refractivity contribution in [2.45, 2.75) is 37.6 Å². The Hall–Kier alpha value is -1.96. The topological polar surface area (TPSA) is 124 Å². The summed E-state index contributed by atoms with van der Waals surface area (Å²) in [7, 11) is 4.51. The van der Waals surface area contributed by atoms with Gasteiger partial charge < -0.3 is 39.0 Å². The van der Waals surface area contributed by atoms with Gasteiger partial charge in [-0.15, -0.1) is 0 Å². The molecule has 1 aliphatic rings. The number of hydrogen-bond acceptors (Lipinski definition) is 9. The summed E-state index contributed by atoms with van der Waals surface area (Å²) in [5, 5.41) is 27.3. The summed E-state index contributed by atoms with van der Waals surface area (Å²) >= 11 is 1.72. The highest BCUT2D eigenvalue weighted by atomic mass is 127. The van der Waals surface area contributed by atoms with Gasteiger partial charge in [0.1, 0.15) is 24.6 Å². The third-order valence-corrected chi connectivity index (χ3v) is 5.49. The molecule has 1 aliphatic heterocycles. The first-order valence-electron chi connectivity index (χ1n) is 10.1. The molecule has 182 valence electrons. The van der Waals surface area contributed by atoms with Gasteiger partial charge in [0.25, 0.3) is 0 Å². The highest BCUT2D eigenvalue weighted by Crippen LogP contribution is 2.36. The fourth-order valence-electron chi connectivity index (χ4n) is 3.09. The third kappa shape index (κ3) is 7.80. The molecule has 2 aromatic carbocycles. The zero-order valence-corrected chi connectivity index (χ0v) is 20.8. The van der Waals surface area contributed by atoms with Gasteiger partial charge in [-0.3, -0.25) is 4.79 Å². The lowest BCUT2D eigenvalue weighted by molar-refractivity contribution is -0.248. The van der Waals surface area contributed by atoms with Crippen LogP contribution in [-0.2, 0) is 16.1 Å². The lowest BCUT2D eigenvalue weighted by Crippen LogP contribution is -2.50. The van der Waals surface area contributed by atoms with Gasteiger partial charge in [-0.25, -0.2) is 0 Å². The van der Waals surface area contributed by atoms with Gasteiger partial charge in [-0.05, 0) is 11.6 Å². The predicted molar refractivity (Wildman–Crippen MR) is 128 cm³/mol. The minimum absolute atomic E-state index is 0.114. The Kier molecular flexibility index (Phi) is 11.3. The fourth-order valence-corrected chi connectivity index (χ4v) is 3.51. The van der Waals surface area contributed by atoms with Gasteiger partial charge >= 0.3 is 0 Å². The largest absolute Gasteiger partial charge is 0.496 e. The van der Waals surface area contributed by atoms with Gasteiger partial charge in [0.2, 0.25) is 3.79 Å². The van der Waals surface area contributed by atoms with Crippen molar-refractivity contribution in [2.75, 3.05) is 27.9 Å². The minimum Gasteiger partial charge on any atom is -0.496 e. The molecule has 0 spiro atoms. The number of ether oxygens (including phenoxy) is 5. The number of hydrogen-bond donors (Lipinski definition) is 3. The summed E-state index contributed by atoms with van der Waals surface area (Å²) in [6, 6.07) is 13.1. The maximum absolute atomic E-state index is 11.6. The first-order chi connectivity index (χ1) is 15.8. The van der Waals surface area contributed by atoms with E-state index in [1.165, 1.54) is 14.2 Å². The summed E-state index contributed by atoms with van der Waals surface area (Å²) in [6.07, 6.45) is -2.98. The number of aliphatic hydroxyl groups is 3. The second kappa shape index (κ2) is 13.7. The van der Waals surface area contributed by atoms with Crippen molar-refractivity contribution >= 4 is 26.4 Å². The van der Waals surface area contributed by atoms with Crippen molar-refractivity contribution in [3.63, 3.8) is 0 Å². The molecule has 0 aromatic heterocycles. The SMILES string of the molecule is CO[C@@H]1CC(O)[C@H](O)C(CO)O1.COc1cc(C(=O)I)c(OC)cc1OCc1ccccc1. The quantitative estimate of drug-likeness (QED) is 0.321. The van der Waals surface area contributed by atoms with Gasteiger partial charge in [0.15, 0.2) is 17.8 Å². The molecule has 0 aliphatic carbocycles. The molecule has 2 aromatic rings. The average Bonchev–Trinajstić information content (AvgIpc) is 2.84. The molecule has 1 saturated heterocycles. The molecule has 0 bridgehead atoms. The molecular weight excluding hydrogens is 547 g/mol. The molecule has 4 atom stereocenters. The van der Waals surface area contributed by atoms with E-state index >= 15 is 0 Å². The maximum atomic E-state index is 11.6. The van der Waals surface area contributed by atoms with Crippen molar-refractivity contribution in [3.05, 3.63) is 53.6 Å². The molecular formula is C23H29IO9. The standard InChI is InChI=1S/C16H15IO4.C7H14O5/c1-19-13-9-15(14(20-2)8-12(13)16(17)18)21-10-11-6-4-3-5-7-11;1-11-6-2-4(9)7(10)5(3-8)12-6/h3-9H,10H2,1-2H3;4-10H,2-3H2,1H3/t;4?,5?,6-,7-/m.0/s1. The van der Waals surface area contributed by atoms with Crippen molar-refractivity contribution in [3.8, 4) is 17.2 Å². The van der Waals surface area contributed by atoms with Crippen LogP contribution in [0.25, 0.3) is 0 Å². The Labute approximate surface area is 206 Å². The molecule has 1 fully saturated rings. The summed E-state index contributed by atoms with van der Waals surface area (Å²) in [4.78, 5) is 11.6. The maximum Gasteiger partial charge on any atom is 0.226 e. The number of methoxy groups -OCH3 is 3. The molecule has 2 unspecified atom stereocenters. The lowest BCUT2D eigenvalue weighted by atomic mass is 10.0. The summed E-state index contributed by atoms with van der Waals surface area (Å²) in [5.74, 6) is 1.52. The first kappa shape index (κ1) is 27.3. The van der Waals surface area contributed by atoms with Crippen molar-refractivity contribution in [1.82, 2.24) is 0 Å². The predicted octanol–water partition coefficient (Wildman–Crippen LogP) is 2.32. The van der Waals surface area contributed by atoms with Crippen LogP contribution in [0.3, 0.4) is 0 Å². The van der Waals surface area contributed by atoms with Crippen LogP contribution in [0.15, 0.2) is 42.5 Å². The van der Waals surface area contributed by atoms with Crippen molar-refractivity contribution < 1.29 is 43.8 Å². The van der Waals surface area contributed by atoms with Crippen molar-refractivity contribution in [2.24, 2.45) is 0 Å². The summed E-state index contributed by atoms with van der Waals surface area (Å²) in [6.45, 7) is 0.0932. The number of carbonyl (C=O) groups excluding carboxylic acids is 1. The van der Waals surface area contributed by atoms with E-state index in [1.54, 1.807) is 41.8 Å². The lowest BCUT2D eigenvalue weighted by Gasteiger charge is -2.35. The minimum atomic E-state index is -1.03. The van der Waals surface area contributed by atoms with Crippen LogP contribution < -0.4 is 14.2 Å². The highest BCUT2D eigenvalue weighted by molar-refractivity contribution is 14.1. The Bertz CT molecular complexity index is 878. The highest BCUT2D eigenvalue weighted by Gasteiger charge is 2.36. The molecule has 0 saturated carbocycles. The fraction of sp³-hybridized carbons (Fsp3) is 0.435.